The summed E-state index contributed by atoms with van der Waals surface area (Å²) in [5.74, 6) is 0. The van der Waals surface area contributed by atoms with Gasteiger partial charge in [-0.3, -0.25) is 0 Å². The summed E-state index contributed by atoms with van der Waals surface area (Å²) in [6.07, 6.45) is 0. The Kier molecular flexibility index (Phi) is 2.28. The van der Waals surface area contributed by atoms with Gasteiger partial charge >= 0.3 is 0 Å². The Morgan fingerprint density at radius 1 is 1.55 bits per heavy atom. The van der Waals surface area contributed by atoms with Gasteiger partial charge in [0.05, 0.1) is 4.88 Å². The lowest BCUT2D eigenvalue weighted by Gasteiger charge is -1.87. The Bertz CT molecular complexity index is 341. The van der Waals surface area contributed by atoms with Crippen molar-refractivity contribution in [3.05, 3.63) is 17.0 Å². The molecule has 0 saturated carbocycles. The molecule has 0 aromatic carbocycles. The summed E-state index contributed by atoms with van der Waals surface area (Å²) in [5.41, 5.74) is 3.63. The zero-order valence-corrected chi connectivity index (χ0v) is 7.41. The molecule has 0 aliphatic carbocycles. The molecule has 1 aromatic rings. The molecule has 6 heteroatoms. The number of hydrogen-bond acceptors (Lipinski definition) is 3. The van der Waals surface area contributed by atoms with Gasteiger partial charge in [0, 0.05) is 0 Å². The fourth-order valence-corrected chi connectivity index (χ4v) is 2.32. The van der Waals surface area contributed by atoms with Gasteiger partial charge in [0.25, 0.3) is 0 Å². The van der Waals surface area contributed by atoms with Crippen LogP contribution in [0.4, 0.5) is 0 Å². The molecule has 5 N–H and O–H groups in total. The number of quaternary nitrogens is 1. The van der Waals surface area contributed by atoms with E-state index in [2.05, 4.69) is 5.73 Å². The van der Waals surface area contributed by atoms with Crippen molar-refractivity contribution >= 4 is 21.4 Å². The smallest absolute Gasteiger partial charge is 0.247 e. The lowest BCUT2D eigenvalue weighted by Crippen LogP contribution is -2.47. The van der Waals surface area contributed by atoms with Gasteiger partial charge in [-0.05, 0) is 12.1 Å². The molecule has 0 aliphatic heterocycles. The molecule has 4 nitrogen and oxygen atoms in total. The van der Waals surface area contributed by atoms with Crippen molar-refractivity contribution < 1.29 is 14.2 Å². The average molecular weight is 193 g/mol. The quantitative estimate of drug-likeness (QED) is 0.640. The van der Waals surface area contributed by atoms with Crippen molar-refractivity contribution in [1.29, 1.82) is 0 Å². The second-order valence-corrected chi connectivity index (χ2v) is 4.97. The number of nitrogens with two attached hydrogens (primary N) is 1. The second-order valence-electron chi connectivity index (χ2n) is 2.02. The van der Waals surface area contributed by atoms with Crippen molar-refractivity contribution in [2.45, 2.75) is 10.8 Å². The number of thiophene rings is 1. The average Bonchev–Trinajstić information content (AvgIpc) is 2.32. The van der Waals surface area contributed by atoms with Crippen LogP contribution in [0, 0.1) is 0 Å². The van der Waals surface area contributed by atoms with Gasteiger partial charge in [-0.1, -0.05) is 0 Å². The molecular weight excluding hydrogens is 184 g/mol. The molecule has 0 fully saturated rings. The monoisotopic (exact) mass is 193 g/mol. The summed E-state index contributed by atoms with van der Waals surface area (Å²) in [4.78, 5) is 0.925. The van der Waals surface area contributed by atoms with E-state index in [9.17, 15) is 8.42 Å². The van der Waals surface area contributed by atoms with Crippen molar-refractivity contribution in [2.24, 2.45) is 5.14 Å². The fraction of sp³-hybridized carbons (Fsp3) is 0.200. The molecule has 1 aromatic heterocycles. The van der Waals surface area contributed by atoms with E-state index < -0.39 is 10.0 Å². The predicted molar refractivity (Wildman–Crippen MR) is 42.3 cm³/mol. The first-order valence-corrected chi connectivity index (χ1v) is 5.31. The van der Waals surface area contributed by atoms with Crippen LogP contribution in [0.25, 0.3) is 0 Å². The summed E-state index contributed by atoms with van der Waals surface area (Å²) in [6, 6.07) is 3.22. The zero-order valence-electron chi connectivity index (χ0n) is 5.78. The SMILES string of the molecule is NS(=O)(=O)c1ccc(C[NH3+])s1. The molecule has 1 heterocycles. The molecule has 0 aliphatic rings. The molecule has 11 heavy (non-hydrogen) atoms. The summed E-state index contributed by atoms with van der Waals surface area (Å²) >= 11 is 1.16. The predicted octanol–water partition coefficient (Wildman–Crippen LogP) is -0.863. The van der Waals surface area contributed by atoms with E-state index in [1.165, 1.54) is 6.07 Å². The van der Waals surface area contributed by atoms with E-state index in [1.807, 2.05) is 0 Å². The van der Waals surface area contributed by atoms with Gasteiger partial charge in [-0.15, -0.1) is 11.3 Å². The van der Waals surface area contributed by atoms with Crippen molar-refractivity contribution in [3.8, 4) is 0 Å². The van der Waals surface area contributed by atoms with E-state index in [1.54, 1.807) is 6.07 Å². The Hall–Kier alpha value is -0.430. The summed E-state index contributed by atoms with van der Waals surface area (Å²) in [6.45, 7) is 0.597. The number of rotatable bonds is 2. The topological polar surface area (TPSA) is 87.8 Å². The number of sulfonamides is 1. The fourth-order valence-electron chi connectivity index (χ4n) is 0.646. The van der Waals surface area contributed by atoms with Crippen LogP contribution in [0.15, 0.2) is 16.3 Å². The first kappa shape index (κ1) is 8.66. The van der Waals surface area contributed by atoms with E-state index in [4.69, 9.17) is 5.14 Å². The van der Waals surface area contributed by atoms with E-state index in [0.717, 1.165) is 16.2 Å². The van der Waals surface area contributed by atoms with Gasteiger partial charge < -0.3 is 5.73 Å². The number of primary sulfonamides is 1. The molecule has 1 rings (SSSR count). The summed E-state index contributed by atoms with van der Waals surface area (Å²) < 4.78 is 21.7. The van der Waals surface area contributed by atoms with Crippen LogP contribution in [0.1, 0.15) is 4.88 Å². The van der Waals surface area contributed by atoms with Crippen molar-refractivity contribution in [1.82, 2.24) is 0 Å². The van der Waals surface area contributed by atoms with Crippen LogP contribution in [0.5, 0.6) is 0 Å². The molecule has 0 unspecified atom stereocenters. The highest BCUT2D eigenvalue weighted by Crippen LogP contribution is 2.18. The van der Waals surface area contributed by atoms with Gasteiger partial charge in [0.15, 0.2) is 0 Å². The molecule has 0 atom stereocenters. The van der Waals surface area contributed by atoms with E-state index in [-0.39, 0.29) is 4.21 Å². The third-order valence-electron chi connectivity index (χ3n) is 1.16. The molecule has 0 saturated heterocycles. The Morgan fingerprint density at radius 3 is 2.45 bits per heavy atom. The van der Waals surface area contributed by atoms with E-state index >= 15 is 0 Å². The standard InChI is InChI=1S/C5H8N2O2S2/c6-3-4-1-2-5(10-4)11(7,8)9/h1-2H,3,6H2,(H2,7,8,9)/p+1. The van der Waals surface area contributed by atoms with Crippen LogP contribution in [0.3, 0.4) is 0 Å². The summed E-state index contributed by atoms with van der Waals surface area (Å²) in [7, 11) is -3.50. The molecule has 0 radical (unpaired) electrons. The highest BCUT2D eigenvalue weighted by Gasteiger charge is 2.10. The van der Waals surface area contributed by atoms with Crippen LogP contribution in [0.2, 0.25) is 0 Å². The first-order chi connectivity index (χ1) is 5.04. The summed E-state index contributed by atoms with van der Waals surface area (Å²) in [5, 5.41) is 4.89. The molecule has 0 amide bonds. The van der Waals surface area contributed by atoms with Crippen LogP contribution < -0.4 is 10.9 Å². The zero-order chi connectivity index (χ0) is 8.48. The van der Waals surface area contributed by atoms with Crippen molar-refractivity contribution in [2.75, 3.05) is 0 Å². The third kappa shape index (κ3) is 2.00. The Morgan fingerprint density at radius 2 is 2.18 bits per heavy atom. The Labute approximate surface area is 68.9 Å². The largest absolute Gasteiger partial charge is 0.353 e. The number of hydrogen-bond donors (Lipinski definition) is 2. The second kappa shape index (κ2) is 2.90. The Balaban J connectivity index is 3.09. The maximum atomic E-state index is 10.7. The lowest BCUT2D eigenvalue weighted by atomic mass is 10.5. The van der Waals surface area contributed by atoms with Gasteiger partial charge in [0.2, 0.25) is 10.0 Å². The minimum atomic E-state index is -3.50. The lowest BCUT2D eigenvalue weighted by molar-refractivity contribution is -0.385. The first-order valence-electron chi connectivity index (χ1n) is 2.95. The molecule has 0 bridgehead atoms. The highest BCUT2D eigenvalue weighted by molar-refractivity contribution is 7.91. The van der Waals surface area contributed by atoms with Crippen LogP contribution >= 0.6 is 11.3 Å². The molecule has 62 valence electrons. The minimum absolute atomic E-state index is 0.205. The molecular formula is C5H9N2O2S2+. The van der Waals surface area contributed by atoms with Crippen molar-refractivity contribution in [3.63, 3.8) is 0 Å². The molecule has 0 spiro atoms. The van der Waals surface area contributed by atoms with E-state index in [0.29, 0.717) is 6.54 Å². The van der Waals surface area contributed by atoms with Gasteiger partial charge in [-0.2, -0.15) is 0 Å². The van der Waals surface area contributed by atoms with Crippen LogP contribution in [-0.2, 0) is 16.6 Å². The maximum Gasteiger partial charge on any atom is 0.247 e. The normalized spacial score (nSPS) is 11.8. The van der Waals surface area contributed by atoms with Gasteiger partial charge in [0.1, 0.15) is 10.8 Å². The third-order valence-corrected chi connectivity index (χ3v) is 3.75. The maximum absolute atomic E-state index is 10.7. The van der Waals surface area contributed by atoms with Crippen LogP contribution in [-0.4, -0.2) is 8.42 Å². The van der Waals surface area contributed by atoms with Gasteiger partial charge in [-0.25, -0.2) is 13.6 Å². The highest BCUT2D eigenvalue weighted by atomic mass is 32.2. The minimum Gasteiger partial charge on any atom is -0.353 e.